The maximum absolute atomic E-state index is 5.77. The van der Waals surface area contributed by atoms with Crippen molar-refractivity contribution in [2.45, 2.75) is 45.6 Å². The molecule has 0 saturated carbocycles. The lowest BCUT2D eigenvalue weighted by Crippen LogP contribution is -2.52. The molecule has 0 amide bonds. The summed E-state index contributed by atoms with van der Waals surface area (Å²) in [7, 11) is 0. The molecule has 0 bridgehead atoms. The van der Waals surface area contributed by atoms with Crippen LogP contribution in [0, 0.1) is 5.41 Å². The third kappa shape index (κ3) is 1.36. The van der Waals surface area contributed by atoms with Crippen LogP contribution in [0.15, 0.2) is 11.8 Å². The minimum Gasteiger partial charge on any atom is -0.496 e. The van der Waals surface area contributed by atoms with Crippen LogP contribution in [0.25, 0.3) is 0 Å². The summed E-state index contributed by atoms with van der Waals surface area (Å²) in [5.41, 5.74) is 0.336. The Balaban J connectivity index is 2.30. The first-order chi connectivity index (χ1) is 6.56. The maximum atomic E-state index is 5.77. The molecule has 2 rings (SSSR count). The van der Waals surface area contributed by atoms with Gasteiger partial charge in [-0.25, -0.2) is 0 Å². The molecule has 1 fully saturated rings. The SMILES string of the molecule is CC(C)(C)C1(C2=CCCO2)CCCN1. The Morgan fingerprint density at radius 2 is 2.21 bits per heavy atom. The average Bonchev–Trinajstić information content (AvgIpc) is 2.74. The summed E-state index contributed by atoms with van der Waals surface area (Å²) in [5, 5.41) is 3.66. The van der Waals surface area contributed by atoms with E-state index in [1.54, 1.807) is 0 Å². The number of rotatable bonds is 1. The highest BCUT2D eigenvalue weighted by atomic mass is 16.5. The number of hydrogen-bond acceptors (Lipinski definition) is 2. The summed E-state index contributed by atoms with van der Waals surface area (Å²) in [6.45, 7) is 8.89. The molecule has 0 radical (unpaired) electrons. The lowest BCUT2D eigenvalue weighted by molar-refractivity contribution is 0.104. The summed E-state index contributed by atoms with van der Waals surface area (Å²) >= 11 is 0. The van der Waals surface area contributed by atoms with Gasteiger partial charge in [0, 0.05) is 6.42 Å². The van der Waals surface area contributed by atoms with Gasteiger partial charge in [0.25, 0.3) is 0 Å². The smallest absolute Gasteiger partial charge is 0.113 e. The molecule has 2 aliphatic heterocycles. The lowest BCUT2D eigenvalue weighted by Gasteiger charge is -2.42. The fourth-order valence-corrected chi connectivity index (χ4v) is 2.68. The van der Waals surface area contributed by atoms with E-state index in [0.717, 1.165) is 19.6 Å². The Hall–Kier alpha value is -0.500. The van der Waals surface area contributed by atoms with Gasteiger partial charge >= 0.3 is 0 Å². The Kier molecular flexibility index (Phi) is 2.34. The molecule has 1 N–H and O–H groups in total. The molecule has 0 aromatic rings. The minimum atomic E-state index is 0.101. The summed E-state index contributed by atoms with van der Waals surface area (Å²) in [5.74, 6) is 1.20. The highest BCUT2D eigenvalue weighted by molar-refractivity contribution is 5.23. The first-order valence-electron chi connectivity index (χ1n) is 5.65. The van der Waals surface area contributed by atoms with Crippen LogP contribution in [-0.4, -0.2) is 18.7 Å². The summed E-state index contributed by atoms with van der Waals surface area (Å²) < 4.78 is 5.77. The van der Waals surface area contributed by atoms with Crippen molar-refractivity contribution >= 4 is 0 Å². The van der Waals surface area contributed by atoms with Crippen LogP contribution in [0.3, 0.4) is 0 Å². The largest absolute Gasteiger partial charge is 0.496 e. The maximum Gasteiger partial charge on any atom is 0.113 e. The van der Waals surface area contributed by atoms with Gasteiger partial charge in [0.2, 0.25) is 0 Å². The molecule has 0 aromatic heterocycles. The molecule has 2 heteroatoms. The predicted molar refractivity (Wildman–Crippen MR) is 58.1 cm³/mol. The predicted octanol–water partition coefficient (Wildman–Crippen LogP) is 2.46. The average molecular weight is 195 g/mol. The Morgan fingerprint density at radius 1 is 1.43 bits per heavy atom. The van der Waals surface area contributed by atoms with Gasteiger partial charge in [0.05, 0.1) is 12.1 Å². The van der Waals surface area contributed by atoms with Crippen molar-refractivity contribution in [3.8, 4) is 0 Å². The molecular formula is C12H21NO. The van der Waals surface area contributed by atoms with Crippen LogP contribution in [0.2, 0.25) is 0 Å². The first-order valence-corrected chi connectivity index (χ1v) is 5.65. The van der Waals surface area contributed by atoms with E-state index in [2.05, 4.69) is 32.2 Å². The first kappa shape index (κ1) is 10.0. The second-order valence-corrected chi connectivity index (χ2v) is 5.39. The Morgan fingerprint density at radius 3 is 2.64 bits per heavy atom. The molecule has 2 heterocycles. The highest BCUT2D eigenvalue weighted by Crippen LogP contribution is 2.44. The van der Waals surface area contributed by atoms with Crippen molar-refractivity contribution in [2.75, 3.05) is 13.2 Å². The van der Waals surface area contributed by atoms with Crippen LogP contribution >= 0.6 is 0 Å². The summed E-state index contributed by atoms with van der Waals surface area (Å²) in [4.78, 5) is 0. The second kappa shape index (κ2) is 3.27. The van der Waals surface area contributed by atoms with Crippen molar-refractivity contribution in [2.24, 2.45) is 5.41 Å². The molecule has 1 atom stereocenters. The van der Waals surface area contributed by atoms with E-state index in [9.17, 15) is 0 Å². The van der Waals surface area contributed by atoms with Crippen molar-refractivity contribution in [3.63, 3.8) is 0 Å². The summed E-state index contributed by atoms with van der Waals surface area (Å²) in [6.07, 6.45) is 5.82. The van der Waals surface area contributed by atoms with Crippen molar-refractivity contribution in [1.82, 2.24) is 5.32 Å². The molecule has 0 aromatic carbocycles. The third-order valence-corrected chi connectivity index (χ3v) is 3.56. The van der Waals surface area contributed by atoms with Gasteiger partial charge in [-0.1, -0.05) is 20.8 Å². The van der Waals surface area contributed by atoms with Crippen LogP contribution < -0.4 is 5.32 Å². The van der Waals surface area contributed by atoms with Crippen LogP contribution in [0.4, 0.5) is 0 Å². The van der Waals surface area contributed by atoms with Crippen molar-refractivity contribution in [1.29, 1.82) is 0 Å². The fraction of sp³-hybridized carbons (Fsp3) is 0.833. The molecule has 0 spiro atoms. The third-order valence-electron chi connectivity index (χ3n) is 3.56. The monoisotopic (exact) mass is 195 g/mol. The van der Waals surface area contributed by atoms with Gasteiger partial charge in [0.1, 0.15) is 5.76 Å². The van der Waals surface area contributed by atoms with Crippen molar-refractivity contribution < 1.29 is 4.74 Å². The fourth-order valence-electron chi connectivity index (χ4n) is 2.68. The zero-order valence-corrected chi connectivity index (χ0v) is 9.52. The molecule has 80 valence electrons. The van der Waals surface area contributed by atoms with E-state index < -0.39 is 0 Å². The minimum absolute atomic E-state index is 0.101. The standard InChI is InChI=1S/C12H21NO/c1-11(2,3)12(7-5-8-13-12)10-6-4-9-14-10/h6,13H,4-5,7-9H2,1-3H3. The zero-order valence-electron chi connectivity index (χ0n) is 9.52. The molecule has 14 heavy (non-hydrogen) atoms. The van der Waals surface area contributed by atoms with E-state index in [0.29, 0.717) is 0 Å². The van der Waals surface area contributed by atoms with E-state index in [1.807, 2.05) is 0 Å². The highest BCUT2D eigenvalue weighted by Gasteiger charge is 2.48. The van der Waals surface area contributed by atoms with Crippen LogP contribution in [0.1, 0.15) is 40.0 Å². The van der Waals surface area contributed by atoms with Gasteiger partial charge in [-0.2, -0.15) is 0 Å². The van der Waals surface area contributed by atoms with Gasteiger partial charge < -0.3 is 10.1 Å². The Labute approximate surface area is 86.7 Å². The van der Waals surface area contributed by atoms with Gasteiger partial charge in [-0.15, -0.1) is 0 Å². The van der Waals surface area contributed by atoms with Crippen LogP contribution in [-0.2, 0) is 4.74 Å². The van der Waals surface area contributed by atoms with E-state index in [4.69, 9.17) is 4.74 Å². The van der Waals surface area contributed by atoms with Gasteiger partial charge in [0.15, 0.2) is 0 Å². The Bertz CT molecular complexity index is 244. The van der Waals surface area contributed by atoms with Gasteiger partial charge in [-0.3, -0.25) is 0 Å². The van der Waals surface area contributed by atoms with Gasteiger partial charge in [-0.05, 0) is 30.9 Å². The molecule has 0 aliphatic carbocycles. The van der Waals surface area contributed by atoms with E-state index in [-0.39, 0.29) is 11.0 Å². The summed E-state index contributed by atoms with van der Waals surface area (Å²) in [6, 6.07) is 0. The topological polar surface area (TPSA) is 21.3 Å². The number of nitrogens with one attached hydrogen (secondary N) is 1. The molecule has 2 aliphatic rings. The molecule has 1 unspecified atom stereocenters. The normalized spacial score (nSPS) is 32.9. The van der Waals surface area contributed by atoms with E-state index in [1.165, 1.54) is 18.6 Å². The number of hydrogen-bond donors (Lipinski definition) is 1. The molecule has 1 saturated heterocycles. The lowest BCUT2D eigenvalue weighted by atomic mass is 9.71. The molecular weight excluding hydrogens is 174 g/mol. The number of ether oxygens (including phenoxy) is 1. The van der Waals surface area contributed by atoms with E-state index >= 15 is 0 Å². The zero-order chi connectivity index (χ0) is 10.2. The quantitative estimate of drug-likeness (QED) is 0.694. The molecule has 2 nitrogen and oxygen atoms in total. The van der Waals surface area contributed by atoms with Crippen LogP contribution in [0.5, 0.6) is 0 Å². The van der Waals surface area contributed by atoms with Crippen molar-refractivity contribution in [3.05, 3.63) is 11.8 Å². The second-order valence-electron chi connectivity index (χ2n) is 5.39.